The van der Waals surface area contributed by atoms with E-state index in [1.54, 1.807) is 18.2 Å². The highest BCUT2D eigenvalue weighted by Crippen LogP contribution is 2.26. The molecule has 2 aromatic rings. The maximum atomic E-state index is 14.2. The van der Waals surface area contributed by atoms with Crippen LogP contribution in [0.2, 0.25) is 0 Å². The zero-order chi connectivity index (χ0) is 15.4. The van der Waals surface area contributed by atoms with Crippen molar-refractivity contribution < 1.29 is 13.2 Å². The zero-order valence-corrected chi connectivity index (χ0v) is 13.1. The largest absolute Gasteiger partial charge is 0.310 e. The van der Waals surface area contributed by atoms with Gasteiger partial charge in [-0.2, -0.15) is 0 Å². The fraction of sp³-hybridized carbons (Fsp3) is 0.250. The lowest BCUT2D eigenvalue weighted by atomic mass is 9.98. The van der Waals surface area contributed by atoms with Crippen LogP contribution in [0.5, 0.6) is 0 Å². The van der Waals surface area contributed by atoms with Crippen LogP contribution in [-0.2, 0) is 6.42 Å². The summed E-state index contributed by atoms with van der Waals surface area (Å²) in [6, 6.07) is 8.50. The van der Waals surface area contributed by atoms with Crippen LogP contribution < -0.4 is 5.32 Å². The molecule has 0 bridgehead atoms. The van der Waals surface area contributed by atoms with E-state index in [0.717, 1.165) is 12.1 Å². The zero-order valence-electron chi connectivity index (χ0n) is 11.5. The lowest BCUT2D eigenvalue weighted by Gasteiger charge is -2.19. The highest BCUT2D eigenvalue weighted by atomic mass is 79.9. The molecule has 0 saturated heterocycles. The number of likely N-dealkylation sites (N-methyl/N-ethyl adjacent to an activating group) is 1. The topological polar surface area (TPSA) is 12.0 Å². The Kier molecular flexibility index (Phi) is 5.42. The van der Waals surface area contributed by atoms with Gasteiger partial charge in [-0.1, -0.05) is 25.1 Å². The fourth-order valence-electron chi connectivity index (χ4n) is 2.23. The summed E-state index contributed by atoms with van der Waals surface area (Å²) < 4.78 is 40.8. The molecular weight excluding hydrogens is 343 g/mol. The van der Waals surface area contributed by atoms with E-state index in [0.29, 0.717) is 28.6 Å². The first kappa shape index (κ1) is 16.0. The molecule has 1 unspecified atom stereocenters. The van der Waals surface area contributed by atoms with Gasteiger partial charge in [0.05, 0.1) is 4.47 Å². The van der Waals surface area contributed by atoms with Crippen molar-refractivity contribution in [1.29, 1.82) is 0 Å². The normalized spacial score (nSPS) is 12.4. The first-order valence-electron chi connectivity index (χ1n) is 6.64. The molecular formula is C16H15BrF3N. The second kappa shape index (κ2) is 7.09. The molecule has 1 atom stereocenters. The van der Waals surface area contributed by atoms with E-state index in [1.807, 2.05) is 6.92 Å². The molecule has 2 rings (SSSR count). The second-order valence-corrected chi connectivity index (χ2v) is 5.56. The number of hydrogen-bond acceptors (Lipinski definition) is 1. The molecule has 0 saturated carbocycles. The van der Waals surface area contributed by atoms with Gasteiger partial charge in [-0.3, -0.25) is 0 Å². The third-order valence-electron chi connectivity index (χ3n) is 3.23. The van der Waals surface area contributed by atoms with E-state index >= 15 is 0 Å². The quantitative estimate of drug-likeness (QED) is 0.813. The average molecular weight is 358 g/mol. The van der Waals surface area contributed by atoms with E-state index in [9.17, 15) is 13.2 Å². The lowest BCUT2D eigenvalue weighted by Crippen LogP contribution is -2.24. The molecule has 0 heterocycles. The number of benzene rings is 2. The summed E-state index contributed by atoms with van der Waals surface area (Å²) >= 11 is 3.16. The summed E-state index contributed by atoms with van der Waals surface area (Å²) in [5.41, 5.74) is 1.11. The van der Waals surface area contributed by atoms with Gasteiger partial charge in [-0.05, 0) is 52.7 Å². The second-order valence-electron chi connectivity index (χ2n) is 4.71. The van der Waals surface area contributed by atoms with Crippen LogP contribution in [0.4, 0.5) is 13.2 Å². The highest BCUT2D eigenvalue weighted by Gasteiger charge is 2.17. The summed E-state index contributed by atoms with van der Waals surface area (Å²) in [5.74, 6) is -2.11. The minimum Gasteiger partial charge on any atom is -0.310 e. The SMILES string of the molecule is CCNC(Cc1ccc(F)c(F)c1)c1cccc(Br)c1F. The first-order valence-corrected chi connectivity index (χ1v) is 7.43. The van der Waals surface area contributed by atoms with Crippen molar-refractivity contribution in [2.24, 2.45) is 0 Å². The van der Waals surface area contributed by atoms with Crippen molar-refractivity contribution in [3.8, 4) is 0 Å². The maximum absolute atomic E-state index is 14.2. The van der Waals surface area contributed by atoms with Crippen molar-refractivity contribution in [2.45, 2.75) is 19.4 Å². The Balaban J connectivity index is 2.30. The third-order valence-corrected chi connectivity index (χ3v) is 3.84. The molecule has 0 amide bonds. The highest BCUT2D eigenvalue weighted by molar-refractivity contribution is 9.10. The van der Waals surface area contributed by atoms with E-state index < -0.39 is 11.6 Å². The van der Waals surface area contributed by atoms with E-state index in [4.69, 9.17) is 0 Å². The first-order chi connectivity index (χ1) is 10.0. The van der Waals surface area contributed by atoms with Crippen LogP contribution >= 0.6 is 15.9 Å². The third kappa shape index (κ3) is 3.86. The maximum Gasteiger partial charge on any atom is 0.159 e. The number of rotatable bonds is 5. The minimum atomic E-state index is -0.891. The predicted octanol–water partition coefficient (Wildman–Crippen LogP) is 4.76. The van der Waals surface area contributed by atoms with E-state index in [1.165, 1.54) is 6.07 Å². The Morgan fingerprint density at radius 1 is 1.10 bits per heavy atom. The Morgan fingerprint density at radius 3 is 2.52 bits per heavy atom. The molecule has 5 heteroatoms. The minimum absolute atomic E-state index is 0.308. The summed E-state index contributed by atoms with van der Waals surface area (Å²) in [6.45, 7) is 2.55. The summed E-state index contributed by atoms with van der Waals surface area (Å²) in [7, 11) is 0. The summed E-state index contributed by atoms with van der Waals surface area (Å²) in [5, 5.41) is 3.17. The molecule has 0 spiro atoms. The molecule has 112 valence electrons. The van der Waals surface area contributed by atoms with Crippen molar-refractivity contribution in [3.63, 3.8) is 0 Å². The van der Waals surface area contributed by atoms with Gasteiger partial charge in [-0.25, -0.2) is 13.2 Å². The average Bonchev–Trinajstić information content (AvgIpc) is 2.45. The molecule has 1 nitrogen and oxygen atoms in total. The van der Waals surface area contributed by atoms with E-state index in [2.05, 4.69) is 21.2 Å². The Morgan fingerprint density at radius 2 is 1.86 bits per heavy atom. The van der Waals surface area contributed by atoms with Crippen LogP contribution in [0.15, 0.2) is 40.9 Å². The van der Waals surface area contributed by atoms with Gasteiger partial charge >= 0.3 is 0 Å². The summed E-state index contributed by atoms with van der Waals surface area (Å²) in [6.07, 6.45) is 0.373. The molecule has 0 fully saturated rings. The predicted molar refractivity (Wildman–Crippen MR) is 80.6 cm³/mol. The fourth-order valence-corrected chi connectivity index (χ4v) is 2.61. The standard InChI is InChI=1S/C16H15BrF3N/c1-2-21-15(11-4-3-5-12(17)16(11)20)9-10-6-7-13(18)14(19)8-10/h3-8,15,21H,2,9H2,1H3. The number of hydrogen-bond donors (Lipinski definition) is 1. The molecule has 1 N–H and O–H groups in total. The van der Waals surface area contributed by atoms with Crippen LogP contribution in [0.25, 0.3) is 0 Å². The molecule has 2 aromatic carbocycles. The van der Waals surface area contributed by atoms with Crippen molar-refractivity contribution in [3.05, 3.63) is 69.4 Å². The Bertz CT molecular complexity index is 631. The molecule has 0 aliphatic carbocycles. The van der Waals surface area contributed by atoms with Crippen molar-refractivity contribution in [1.82, 2.24) is 5.32 Å². The van der Waals surface area contributed by atoms with Crippen LogP contribution in [0.3, 0.4) is 0 Å². The molecule has 0 aliphatic heterocycles. The van der Waals surface area contributed by atoms with Crippen molar-refractivity contribution in [2.75, 3.05) is 6.54 Å². The van der Waals surface area contributed by atoms with Gasteiger partial charge in [0.2, 0.25) is 0 Å². The summed E-state index contributed by atoms with van der Waals surface area (Å²) in [4.78, 5) is 0. The van der Waals surface area contributed by atoms with Gasteiger partial charge in [0.25, 0.3) is 0 Å². The van der Waals surface area contributed by atoms with Crippen LogP contribution in [-0.4, -0.2) is 6.54 Å². The molecule has 0 radical (unpaired) electrons. The number of nitrogens with one attached hydrogen (secondary N) is 1. The monoisotopic (exact) mass is 357 g/mol. The Labute approximate surface area is 130 Å². The van der Waals surface area contributed by atoms with E-state index in [-0.39, 0.29) is 11.9 Å². The van der Waals surface area contributed by atoms with Crippen molar-refractivity contribution >= 4 is 15.9 Å². The van der Waals surface area contributed by atoms with Gasteiger partial charge in [0.15, 0.2) is 11.6 Å². The molecule has 21 heavy (non-hydrogen) atoms. The van der Waals surface area contributed by atoms with Gasteiger partial charge in [-0.15, -0.1) is 0 Å². The van der Waals surface area contributed by atoms with Gasteiger partial charge < -0.3 is 5.32 Å². The number of halogens is 4. The Hall–Kier alpha value is -1.33. The molecule has 0 aliphatic rings. The lowest BCUT2D eigenvalue weighted by molar-refractivity contribution is 0.494. The van der Waals surface area contributed by atoms with Gasteiger partial charge in [0.1, 0.15) is 5.82 Å². The molecule has 0 aromatic heterocycles. The van der Waals surface area contributed by atoms with Crippen LogP contribution in [0.1, 0.15) is 24.1 Å². The van der Waals surface area contributed by atoms with Crippen LogP contribution in [0, 0.1) is 17.5 Å². The van der Waals surface area contributed by atoms with Gasteiger partial charge in [0, 0.05) is 11.6 Å². The smallest absolute Gasteiger partial charge is 0.159 e.